The Bertz CT molecular complexity index is 433. The molecular weight excluding hydrogens is 216 g/mol. The largest absolute Gasteiger partial charge is 0.345 e. The van der Waals surface area contributed by atoms with Crippen LogP contribution in [0.4, 0.5) is 5.69 Å². The van der Waals surface area contributed by atoms with Crippen LogP contribution in [0.2, 0.25) is 0 Å². The maximum atomic E-state index is 11.6. The van der Waals surface area contributed by atoms with Crippen LogP contribution in [0.1, 0.15) is 23.2 Å². The summed E-state index contributed by atoms with van der Waals surface area (Å²) in [6.07, 6.45) is 1.98. The van der Waals surface area contributed by atoms with Crippen LogP contribution in [0.3, 0.4) is 0 Å². The summed E-state index contributed by atoms with van der Waals surface area (Å²) in [5.41, 5.74) is 1.37. The van der Waals surface area contributed by atoms with Gasteiger partial charge >= 0.3 is 0 Å². The molecule has 0 bridgehead atoms. The zero-order valence-electron chi connectivity index (χ0n) is 10.1. The number of anilines is 1. The number of nitrogens with zero attached hydrogens (tertiary/aromatic N) is 1. The van der Waals surface area contributed by atoms with Crippen LogP contribution >= 0.6 is 0 Å². The van der Waals surface area contributed by atoms with E-state index in [4.69, 9.17) is 0 Å². The van der Waals surface area contributed by atoms with Gasteiger partial charge in [0, 0.05) is 31.3 Å². The van der Waals surface area contributed by atoms with E-state index in [1.54, 1.807) is 38.4 Å². The summed E-state index contributed by atoms with van der Waals surface area (Å²) in [4.78, 5) is 24.7. The van der Waals surface area contributed by atoms with Crippen molar-refractivity contribution in [1.29, 1.82) is 0 Å². The van der Waals surface area contributed by atoms with Crippen molar-refractivity contribution in [2.45, 2.75) is 12.8 Å². The minimum absolute atomic E-state index is 0.0370. The Hall–Kier alpha value is -1.84. The molecule has 0 heterocycles. The van der Waals surface area contributed by atoms with Crippen LogP contribution in [0, 0.1) is 5.92 Å². The average Bonchev–Trinajstić information content (AvgIpc) is 3.12. The van der Waals surface area contributed by atoms with E-state index in [-0.39, 0.29) is 17.7 Å². The Labute approximate surface area is 101 Å². The van der Waals surface area contributed by atoms with Gasteiger partial charge in [0.05, 0.1) is 0 Å². The van der Waals surface area contributed by atoms with Crippen molar-refractivity contribution in [2.75, 3.05) is 19.4 Å². The first-order valence-electron chi connectivity index (χ1n) is 5.70. The Kier molecular flexibility index (Phi) is 3.13. The van der Waals surface area contributed by atoms with Gasteiger partial charge in [-0.2, -0.15) is 0 Å². The van der Waals surface area contributed by atoms with E-state index in [0.717, 1.165) is 18.5 Å². The first kappa shape index (κ1) is 11.6. The molecule has 1 N–H and O–H groups in total. The quantitative estimate of drug-likeness (QED) is 0.863. The Balaban J connectivity index is 2.02. The van der Waals surface area contributed by atoms with Crippen LogP contribution in [0.5, 0.6) is 0 Å². The van der Waals surface area contributed by atoms with Crippen molar-refractivity contribution in [3.8, 4) is 0 Å². The van der Waals surface area contributed by atoms with Gasteiger partial charge in [-0.15, -0.1) is 0 Å². The molecule has 0 radical (unpaired) electrons. The van der Waals surface area contributed by atoms with Crippen molar-refractivity contribution >= 4 is 17.5 Å². The summed E-state index contributed by atoms with van der Waals surface area (Å²) in [5, 5.41) is 2.84. The van der Waals surface area contributed by atoms with Gasteiger partial charge in [0.1, 0.15) is 0 Å². The molecule has 2 rings (SSSR count). The zero-order chi connectivity index (χ0) is 12.4. The van der Waals surface area contributed by atoms with Gasteiger partial charge in [-0.1, -0.05) is 0 Å². The highest BCUT2D eigenvalue weighted by atomic mass is 16.2. The van der Waals surface area contributed by atoms with Gasteiger partial charge in [0.15, 0.2) is 0 Å². The summed E-state index contributed by atoms with van der Waals surface area (Å²) in [7, 11) is 3.43. The summed E-state index contributed by atoms with van der Waals surface area (Å²) in [5.74, 6) is 0.236. The molecule has 90 valence electrons. The van der Waals surface area contributed by atoms with Gasteiger partial charge in [-0.05, 0) is 37.1 Å². The summed E-state index contributed by atoms with van der Waals surface area (Å²) < 4.78 is 0. The topological polar surface area (TPSA) is 49.4 Å². The third-order valence-corrected chi connectivity index (χ3v) is 2.75. The van der Waals surface area contributed by atoms with Gasteiger partial charge in [0.2, 0.25) is 5.91 Å². The molecule has 1 fully saturated rings. The summed E-state index contributed by atoms with van der Waals surface area (Å²) in [6.45, 7) is 0. The second-order valence-electron chi connectivity index (χ2n) is 4.54. The number of carbonyl (C=O) groups excluding carboxylic acids is 2. The lowest BCUT2D eigenvalue weighted by Gasteiger charge is -2.10. The standard InChI is InChI=1S/C13H16N2O2/c1-15(2)13(17)10-5-7-11(8-6-10)14-12(16)9-3-4-9/h5-9H,3-4H2,1-2H3,(H,14,16). The molecule has 4 nitrogen and oxygen atoms in total. The first-order chi connectivity index (χ1) is 8.08. The van der Waals surface area contributed by atoms with Crippen molar-refractivity contribution in [1.82, 2.24) is 4.90 Å². The third-order valence-electron chi connectivity index (χ3n) is 2.75. The van der Waals surface area contributed by atoms with Crippen molar-refractivity contribution in [3.05, 3.63) is 29.8 Å². The highest BCUT2D eigenvalue weighted by Gasteiger charge is 2.29. The maximum absolute atomic E-state index is 11.6. The molecule has 0 aromatic heterocycles. The number of rotatable bonds is 3. The van der Waals surface area contributed by atoms with Crippen LogP contribution in [0.15, 0.2) is 24.3 Å². The number of hydrogen-bond acceptors (Lipinski definition) is 2. The van der Waals surface area contributed by atoms with E-state index in [1.165, 1.54) is 4.90 Å². The molecule has 1 saturated carbocycles. The molecule has 4 heteroatoms. The van der Waals surface area contributed by atoms with E-state index < -0.39 is 0 Å². The smallest absolute Gasteiger partial charge is 0.253 e. The zero-order valence-corrected chi connectivity index (χ0v) is 10.1. The number of amides is 2. The monoisotopic (exact) mass is 232 g/mol. The molecule has 1 aromatic carbocycles. The normalized spacial score (nSPS) is 14.2. The number of hydrogen-bond donors (Lipinski definition) is 1. The van der Waals surface area contributed by atoms with Gasteiger partial charge < -0.3 is 10.2 Å². The second kappa shape index (κ2) is 4.57. The molecule has 1 aliphatic carbocycles. The average molecular weight is 232 g/mol. The highest BCUT2D eigenvalue weighted by molar-refractivity contribution is 5.96. The third kappa shape index (κ3) is 2.84. The van der Waals surface area contributed by atoms with E-state index in [1.807, 2.05) is 0 Å². The van der Waals surface area contributed by atoms with E-state index in [2.05, 4.69) is 5.32 Å². The fourth-order valence-electron chi connectivity index (χ4n) is 1.54. The fourth-order valence-corrected chi connectivity index (χ4v) is 1.54. The Morgan fingerprint density at radius 3 is 2.24 bits per heavy atom. The molecular formula is C13H16N2O2. The molecule has 0 aliphatic heterocycles. The highest BCUT2D eigenvalue weighted by Crippen LogP contribution is 2.30. The summed E-state index contributed by atoms with van der Waals surface area (Å²) in [6, 6.07) is 6.98. The van der Waals surface area contributed by atoms with E-state index in [0.29, 0.717) is 5.56 Å². The predicted octanol–water partition coefficient (Wildman–Crippen LogP) is 1.74. The molecule has 0 atom stereocenters. The molecule has 17 heavy (non-hydrogen) atoms. The van der Waals surface area contributed by atoms with Gasteiger partial charge in [0.25, 0.3) is 5.91 Å². The van der Waals surface area contributed by atoms with Crippen LogP contribution in [0.25, 0.3) is 0 Å². The van der Waals surface area contributed by atoms with E-state index in [9.17, 15) is 9.59 Å². The van der Waals surface area contributed by atoms with Gasteiger partial charge in [-0.3, -0.25) is 9.59 Å². The number of carbonyl (C=O) groups is 2. The minimum Gasteiger partial charge on any atom is -0.345 e. The van der Waals surface area contributed by atoms with Crippen molar-refractivity contribution in [2.24, 2.45) is 5.92 Å². The SMILES string of the molecule is CN(C)C(=O)c1ccc(NC(=O)C2CC2)cc1. The molecule has 1 aliphatic rings. The van der Waals surface area contributed by atoms with Crippen molar-refractivity contribution < 1.29 is 9.59 Å². The maximum Gasteiger partial charge on any atom is 0.253 e. The second-order valence-corrected chi connectivity index (χ2v) is 4.54. The predicted molar refractivity (Wildman–Crippen MR) is 65.8 cm³/mol. The molecule has 2 amide bonds. The lowest BCUT2D eigenvalue weighted by molar-refractivity contribution is -0.117. The lowest BCUT2D eigenvalue weighted by Crippen LogP contribution is -2.21. The number of benzene rings is 1. The Morgan fingerprint density at radius 2 is 1.76 bits per heavy atom. The van der Waals surface area contributed by atoms with Crippen LogP contribution in [-0.2, 0) is 4.79 Å². The molecule has 0 unspecified atom stereocenters. The van der Waals surface area contributed by atoms with Crippen LogP contribution in [-0.4, -0.2) is 30.8 Å². The van der Waals surface area contributed by atoms with E-state index >= 15 is 0 Å². The minimum atomic E-state index is -0.0370. The molecule has 0 spiro atoms. The number of nitrogens with one attached hydrogen (secondary N) is 1. The van der Waals surface area contributed by atoms with Crippen LogP contribution < -0.4 is 5.32 Å². The lowest BCUT2D eigenvalue weighted by atomic mass is 10.2. The van der Waals surface area contributed by atoms with Crippen molar-refractivity contribution in [3.63, 3.8) is 0 Å². The van der Waals surface area contributed by atoms with Gasteiger partial charge in [-0.25, -0.2) is 0 Å². The Morgan fingerprint density at radius 1 is 1.18 bits per heavy atom. The fraction of sp³-hybridized carbons (Fsp3) is 0.385. The summed E-state index contributed by atoms with van der Waals surface area (Å²) >= 11 is 0. The molecule has 1 aromatic rings. The molecule has 0 saturated heterocycles. The first-order valence-corrected chi connectivity index (χ1v) is 5.70.